The largest absolute Gasteiger partial charge is 0.344 e. The summed E-state index contributed by atoms with van der Waals surface area (Å²) in [6.45, 7) is 6.95. The van der Waals surface area contributed by atoms with Crippen LogP contribution in [0.15, 0.2) is 5.38 Å². The molecule has 118 valence electrons. The summed E-state index contributed by atoms with van der Waals surface area (Å²) < 4.78 is 0. The molecule has 6 nitrogen and oxygen atoms in total. The number of thiazole rings is 1. The van der Waals surface area contributed by atoms with Crippen LogP contribution in [0.3, 0.4) is 0 Å². The van der Waals surface area contributed by atoms with Gasteiger partial charge in [0.1, 0.15) is 0 Å². The lowest BCUT2D eigenvalue weighted by atomic mass is 9.96. The molecule has 1 aromatic heterocycles. The number of anilines is 1. The summed E-state index contributed by atoms with van der Waals surface area (Å²) in [5, 5.41) is 8.12. The van der Waals surface area contributed by atoms with E-state index in [0.717, 1.165) is 6.54 Å². The second-order valence-electron chi connectivity index (χ2n) is 5.94. The van der Waals surface area contributed by atoms with E-state index in [1.54, 1.807) is 11.9 Å². The monoisotopic (exact) mass is 312 g/mol. The van der Waals surface area contributed by atoms with Gasteiger partial charge in [-0.2, -0.15) is 0 Å². The zero-order valence-corrected chi connectivity index (χ0v) is 14.1. The zero-order valence-electron chi connectivity index (χ0n) is 13.3. The highest BCUT2D eigenvalue weighted by atomic mass is 32.1. The molecular formula is C14H24N4O2S. The summed E-state index contributed by atoms with van der Waals surface area (Å²) in [4.78, 5) is 29.8. The molecule has 0 saturated carbocycles. The third kappa shape index (κ3) is 5.81. The van der Waals surface area contributed by atoms with Gasteiger partial charge < -0.3 is 15.5 Å². The molecule has 0 spiro atoms. The van der Waals surface area contributed by atoms with Crippen LogP contribution >= 0.6 is 11.3 Å². The maximum atomic E-state index is 12.0. The van der Waals surface area contributed by atoms with Crippen LogP contribution in [-0.2, 0) is 16.0 Å². The number of amides is 2. The second-order valence-corrected chi connectivity index (χ2v) is 6.80. The van der Waals surface area contributed by atoms with E-state index in [4.69, 9.17) is 0 Å². The molecule has 0 atom stereocenters. The van der Waals surface area contributed by atoms with Gasteiger partial charge in [-0.25, -0.2) is 4.98 Å². The maximum Gasteiger partial charge on any atom is 0.231 e. The number of hydrogen-bond donors (Lipinski definition) is 2. The fourth-order valence-electron chi connectivity index (χ4n) is 1.42. The molecule has 0 bridgehead atoms. The van der Waals surface area contributed by atoms with Crippen LogP contribution in [0.25, 0.3) is 0 Å². The molecule has 0 aromatic carbocycles. The number of nitrogens with zero attached hydrogens (tertiary/aromatic N) is 2. The number of rotatable bonds is 6. The Morgan fingerprint density at radius 2 is 2.05 bits per heavy atom. The highest BCUT2D eigenvalue weighted by Crippen LogP contribution is 2.20. The van der Waals surface area contributed by atoms with Crippen molar-refractivity contribution in [2.24, 2.45) is 5.41 Å². The number of aromatic nitrogens is 1. The third-order valence-electron chi connectivity index (χ3n) is 2.91. The molecule has 0 aliphatic rings. The van der Waals surface area contributed by atoms with E-state index in [1.807, 2.05) is 33.2 Å². The summed E-state index contributed by atoms with van der Waals surface area (Å²) in [5.41, 5.74) is 0.222. The van der Waals surface area contributed by atoms with Crippen LogP contribution in [0.1, 0.15) is 26.5 Å². The first-order valence-corrected chi connectivity index (χ1v) is 7.76. The average molecular weight is 312 g/mol. The molecule has 0 fully saturated rings. The predicted molar refractivity (Wildman–Crippen MR) is 85.5 cm³/mol. The molecule has 1 rings (SSSR count). The molecule has 7 heteroatoms. The first kappa shape index (κ1) is 17.6. The van der Waals surface area contributed by atoms with Crippen LogP contribution in [-0.4, -0.2) is 48.9 Å². The molecule has 0 aliphatic heterocycles. The summed E-state index contributed by atoms with van der Waals surface area (Å²) in [6, 6.07) is 0. The first-order valence-electron chi connectivity index (χ1n) is 6.88. The van der Waals surface area contributed by atoms with Gasteiger partial charge in [0.05, 0.1) is 12.1 Å². The average Bonchev–Trinajstić information content (AvgIpc) is 2.81. The Labute approximate surface area is 129 Å². The minimum absolute atomic E-state index is 0.0178. The van der Waals surface area contributed by atoms with E-state index < -0.39 is 5.41 Å². The molecule has 1 heterocycles. The number of carbonyl (C=O) groups excluding carboxylic acids is 2. The zero-order chi connectivity index (χ0) is 16.0. The topological polar surface area (TPSA) is 74.3 Å². The second kappa shape index (κ2) is 7.51. The number of hydrogen-bond acceptors (Lipinski definition) is 5. The smallest absolute Gasteiger partial charge is 0.231 e. The number of carbonyl (C=O) groups is 2. The SMILES string of the molecule is CNCCN(C)C(=O)Cc1csc(NC(=O)C(C)(C)C)n1. The summed E-state index contributed by atoms with van der Waals surface area (Å²) >= 11 is 1.34. The van der Waals surface area contributed by atoms with Crippen LogP contribution in [0, 0.1) is 5.41 Å². The fourth-order valence-corrected chi connectivity index (χ4v) is 2.13. The highest BCUT2D eigenvalue weighted by molar-refractivity contribution is 7.13. The van der Waals surface area contributed by atoms with Crippen molar-refractivity contribution in [1.82, 2.24) is 15.2 Å². The Balaban J connectivity index is 2.56. The Morgan fingerprint density at radius 1 is 1.38 bits per heavy atom. The summed E-state index contributed by atoms with van der Waals surface area (Å²) in [7, 11) is 3.62. The van der Waals surface area contributed by atoms with Crippen molar-refractivity contribution >= 4 is 28.3 Å². The van der Waals surface area contributed by atoms with Gasteiger partial charge in [0.2, 0.25) is 11.8 Å². The van der Waals surface area contributed by atoms with E-state index in [1.165, 1.54) is 11.3 Å². The van der Waals surface area contributed by atoms with Gasteiger partial charge in [-0.05, 0) is 7.05 Å². The Morgan fingerprint density at radius 3 is 2.62 bits per heavy atom. The van der Waals surface area contributed by atoms with E-state index >= 15 is 0 Å². The molecule has 21 heavy (non-hydrogen) atoms. The van der Waals surface area contributed by atoms with Crippen LogP contribution in [0.4, 0.5) is 5.13 Å². The maximum absolute atomic E-state index is 12.0. The van der Waals surface area contributed by atoms with Crippen molar-refractivity contribution in [2.75, 3.05) is 32.5 Å². The van der Waals surface area contributed by atoms with E-state index in [9.17, 15) is 9.59 Å². The lowest BCUT2D eigenvalue weighted by molar-refractivity contribution is -0.129. The quantitative estimate of drug-likeness (QED) is 0.831. The van der Waals surface area contributed by atoms with Crippen molar-refractivity contribution < 1.29 is 9.59 Å². The van der Waals surface area contributed by atoms with Gasteiger partial charge >= 0.3 is 0 Å². The van der Waals surface area contributed by atoms with Gasteiger partial charge in [-0.3, -0.25) is 9.59 Å². The van der Waals surface area contributed by atoms with E-state index in [0.29, 0.717) is 17.4 Å². The Hall–Kier alpha value is -1.47. The van der Waals surface area contributed by atoms with Crippen molar-refractivity contribution in [1.29, 1.82) is 0 Å². The van der Waals surface area contributed by atoms with Gasteiger partial charge in [0, 0.05) is 30.9 Å². The molecule has 0 saturated heterocycles. The molecule has 2 amide bonds. The van der Waals surface area contributed by atoms with Gasteiger partial charge in [-0.15, -0.1) is 11.3 Å². The molecule has 2 N–H and O–H groups in total. The van der Waals surface area contributed by atoms with Crippen LogP contribution < -0.4 is 10.6 Å². The first-order chi connectivity index (χ1) is 9.74. The van der Waals surface area contributed by atoms with Crippen LogP contribution in [0.2, 0.25) is 0 Å². The number of likely N-dealkylation sites (N-methyl/N-ethyl adjacent to an activating group) is 2. The minimum Gasteiger partial charge on any atom is -0.344 e. The van der Waals surface area contributed by atoms with Crippen molar-refractivity contribution in [2.45, 2.75) is 27.2 Å². The third-order valence-corrected chi connectivity index (χ3v) is 3.72. The Kier molecular flexibility index (Phi) is 6.29. The van der Waals surface area contributed by atoms with Gasteiger partial charge in [0.25, 0.3) is 0 Å². The molecule has 0 unspecified atom stereocenters. The summed E-state index contributed by atoms with van der Waals surface area (Å²) in [6.07, 6.45) is 0.252. The minimum atomic E-state index is -0.463. The van der Waals surface area contributed by atoms with Gasteiger partial charge in [-0.1, -0.05) is 20.8 Å². The van der Waals surface area contributed by atoms with Gasteiger partial charge in [0.15, 0.2) is 5.13 Å². The van der Waals surface area contributed by atoms with E-state index in [-0.39, 0.29) is 18.2 Å². The van der Waals surface area contributed by atoms with Crippen molar-refractivity contribution in [3.8, 4) is 0 Å². The molecular weight excluding hydrogens is 288 g/mol. The van der Waals surface area contributed by atoms with Crippen LogP contribution in [0.5, 0.6) is 0 Å². The predicted octanol–water partition coefficient (Wildman–Crippen LogP) is 1.35. The summed E-state index contributed by atoms with van der Waals surface area (Å²) in [5.74, 6) is -0.0647. The number of nitrogens with one attached hydrogen (secondary N) is 2. The van der Waals surface area contributed by atoms with Crippen molar-refractivity contribution in [3.05, 3.63) is 11.1 Å². The molecule has 0 radical (unpaired) electrons. The normalized spacial score (nSPS) is 11.3. The van der Waals surface area contributed by atoms with E-state index in [2.05, 4.69) is 15.6 Å². The molecule has 1 aromatic rings. The Bertz CT molecular complexity index is 493. The lowest BCUT2D eigenvalue weighted by Gasteiger charge is -2.16. The lowest BCUT2D eigenvalue weighted by Crippen LogP contribution is -2.33. The standard InChI is InChI=1S/C14H24N4O2S/c1-14(2,3)12(20)17-13-16-10(9-21-13)8-11(19)18(5)7-6-15-4/h9,15H,6-8H2,1-5H3,(H,16,17,20). The van der Waals surface area contributed by atoms with Crippen molar-refractivity contribution in [3.63, 3.8) is 0 Å². The fraction of sp³-hybridized carbons (Fsp3) is 0.643. The highest BCUT2D eigenvalue weighted by Gasteiger charge is 2.22. The molecule has 0 aliphatic carbocycles.